The Bertz CT molecular complexity index is 692. The fourth-order valence-corrected chi connectivity index (χ4v) is 2.35. The molecule has 0 bridgehead atoms. The Morgan fingerprint density at radius 2 is 1.95 bits per heavy atom. The number of rotatable bonds is 4. The van der Waals surface area contributed by atoms with Gasteiger partial charge in [-0.3, -0.25) is 0 Å². The topological polar surface area (TPSA) is 77.1 Å². The highest BCUT2D eigenvalue weighted by Gasteiger charge is 2.09. The number of nitrogens with two attached hydrogens (primary N) is 1. The van der Waals surface area contributed by atoms with E-state index in [9.17, 15) is 0 Å². The van der Waals surface area contributed by atoms with Crippen molar-refractivity contribution in [1.82, 2.24) is 0 Å². The molecule has 0 radical (unpaired) electrons. The number of nitrogens with zero attached hydrogens (tertiary/aromatic N) is 1. The van der Waals surface area contributed by atoms with Crippen molar-refractivity contribution < 1.29 is 14.7 Å². The summed E-state index contributed by atoms with van der Waals surface area (Å²) in [6.45, 7) is 0. The molecule has 3 N–H and O–H groups in total. The molecule has 7 heteroatoms. The molecular formula is C14H12BrClN2O3. The summed E-state index contributed by atoms with van der Waals surface area (Å²) in [6, 6.07) is 10.2. The van der Waals surface area contributed by atoms with E-state index < -0.39 is 0 Å². The minimum atomic E-state index is -0.0582. The fourth-order valence-electron chi connectivity index (χ4n) is 1.64. The van der Waals surface area contributed by atoms with Gasteiger partial charge in [0.15, 0.2) is 5.84 Å². The fraction of sp³-hybridized carbons (Fsp3) is 0.0714. The molecule has 0 heterocycles. The quantitative estimate of drug-likeness (QED) is 0.368. The maximum atomic E-state index is 8.66. The number of ether oxygens (including phenoxy) is 2. The van der Waals surface area contributed by atoms with E-state index in [1.54, 1.807) is 43.5 Å². The van der Waals surface area contributed by atoms with E-state index >= 15 is 0 Å². The van der Waals surface area contributed by atoms with Gasteiger partial charge in [-0.25, -0.2) is 0 Å². The maximum Gasteiger partial charge on any atom is 0.171 e. The van der Waals surface area contributed by atoms with Crippen molar-refractivity contribution in [2.75, 3.05) is 7.11 Å². The maximum absolute atomic E-state index is 8.66. The van der Waals surface area contributed by atoms with Crippen molar-refractivity contribution in [2.45, 2.75) is 0 Å². The van der Waals surface area contributed by atoms with Crippen LogP contribution in [0.4, 0.5) is 0 Å². The normalized spacial score (nSPS) is 11.3. The number of benzene rings is 2. The second-order valence-electron chi connectivity index (χ2n) is 4.03. The van der Waals surface area contributed by atoms with Crippen LogP contribution in [0, 0.1) is 0 Å². The van der Waals surface area contributed by atoms with Crippen molar-refractivity contribution in [3.63, 3.8) is 0 Å². The van der Waals surface area contributed by atoms with Crippen LogP contribution in [-0.4, -0.2) is 18.2 Å². The first-order chi connectivity index (χ1) is 10.0. The number of oxime groups is 1. The molecule has 5 nitrogen and oxygen atoms in total. The van der Waals surface area contributed by atoms with Crippen LogP contribution >= 0.6 is 27.5 Å². The van der Waals surface area contributed by atoms with E-state index in [0.29, 0.717) is 22.1 Å². The molecule has 0 aliphatic heterocycles. The van der Waals surface area contributed by atoms with Gasteiger partial charge >= 0.3 is 0 Å². The lowest BCUT2D eigenvalue weighted by atomic mass is 10.2. The Hall–Kier alpha value is -1.92. The highest BCUT2D eigenvalue weighted by Crippen LogP contribution is 2.34. The van der Waals surface area contributed by atoms with E-state index in [1.165, 1.54) is 0 Å². The molecule has 0 aromatic heterocycles. The van der Waals surface area contributed by atoms with E-state index in [2.05, 4.69) is 21.1 Å². The molecule has 0 amide bonds. The van der Waals surface area contributed by atoms with Gasteiger partial charge in [0.25, 0.3) is 0 Å². The van der Waals surface area contributed by atoms with E-state index in [0.717, 1.165) is 10.2 Å². The number of methoxy groups -OCH3 is 1. The van der Waals surface area contributed by atoms with Crippen LogP contribution in [0.1, 0.15) is 5.56 Å². The second-order valence-corrected chi connectivity index (χ2v) is 5.29. The molecule has 2 aromatic carbocycles. The third-order valence-corrected chi connectivity index (χ3v) is 3.62. The highest BCUT2D eigenvalue weighted by atomic mass is 79.9. The zero-order chi connectivity index (χ0) is 15.4. The Labute approximate surface area is 135 Å². The van der Waals surface area contributed by atoms with E-state index in [4.69, 9.17) is 32.0 Å². The first kappa shape index (κ1) is 15.5. The molecule has 2 aromatic rings. The molecule has 21 heavy (non-hydrogen) atoms. The molecule has 0 aliphatic carbocycles. The van der Waals surface area contributed by atoms with Gasteiger partial charge in [-0.2, -0.15) is 0 Å². The SMILES string of the molecule is COc1ccc(Oc2ccc(/C(N)=N/O)c(Cl)c2)c(Br)c1. The summed E-state index contributed by atoms with van der Waals surface area (Å²) < 4.78 is 11.6. The standard InChI is InChI=1S/C14H12BrClN2O3/c1-20-8-3-5-13(11(15)6-8)21-9-2-4-10(12(16)7-9)14(17)18-19/h2-7,19H,1H3,(H2,17,18). The molecule has 0 spiro atoms. The third-order valence-electron chi connectivity index (χ3n) is 2.69. The Balaban J connectivity index is 2.26. The van der Waals surface area contributed by atoms with Gasteiger partial charge in [-0.1, -0.05) is 16.8 Å². The molecule has 0 aliphatic rings. The Morgan fingerprint density at radius 1 is 1.24 bits per heavy atom. The molecule has 0 atom stereocenters. The zero-order valence-corrected chi connectivity index (χ0v) is 13.4. The van der Waals surface area contributed by atoms with E-state index in [-0.39, 0.29) is 5.84 Å². The van der Waals surface area contributed by atoms with Crippen molar-refractivity contribution in [2.24, 2.45) is 10.9 Å². The second kappa shape index (κ2) is 6.69. The Kier molecular flexibility index (Phi) is 4.93. The van der Waals surface area contributed by atoms with Crippen LogP contribution in [-0.2, 0) is 0 Å². The summed E-state index contributed by atoms with van der Waals surface area (Å²) in [7, 11) is 1.59. The van der Waals surface area contributed by atoms with Crippen LogP contribution in [0.5, 0.6) is 17.2 Å². The average molecular weight is 372 g/mol. The number of hydrogen-bond donors (Lipinski definition) is 2. The highest BCUT2D eigenvalue weighted by molar-refractivity contribution is 9.10. The molecule has 0 unspecified atom stereocenters. The van der Waals surface area contributed by atoms with Gasteiger partial charge in [0, 0.05) is 11.6 Å². The number of hydrogen-bond acceptors (Lipinski definition) is 4. The lowest BCUT2D eigenvalue weighted by Gasteiger charge is -2.10. The van der Waals surface area contributed by atoms with Crippen molar-refractivity contribution in [3.05, 3.63) is 51.5 Å². The van der Waals surface area contributed by atoms with E-state index in [1.807, 2.05) is 0 Å². The molecule has 0 fully saturated rings. The minimum Gasteiger partial charge on any atom is -0.497 e. The predicted molar refractivity (Wildman–Crippen MR) is 84.7 cm³/mol. The van der Waals surface area contributed by atoms with Gasteiger partial charge < -0.3 is 20.4 Å². The monoisotopic (exact) mass is 370 g/mol. The molecule has 0 saturated carbocycles. The summed E-state index contributed by atoms with van der Waals surface area (Å²) in [5.41, 5.74) is 5.94. The van der Waals surface area contributed by atoms with Crippen LogP contribution in [0.3, 0.4) is 0 Å². The lowest BCUT2D eigenvalue weighted by molar-refractivity contribution is 0.318. The summed E-state index contributed by atoms with van der Waals surface area (Å²) in [4.78, 5) is 0. The summed E-state index contributed by atoms with van der Waals surface area (Å²) in [6.07, 6.45) is 0. The number of halogens is 2. The predicted octanol–water partition coefficient (Wildman–Crippen LogP) is 4.00. The number of amidine groups is 1. The van der Waals surface area contributed by atoms with Gasteiger partial charge in [0.2, 0.25) is 0 Å². The smallest absolute Gasteiger partial charge is 0.171 e. The third kappa shape index (κ3) is 3.59. The lowest BCUT2D eigenvalue weighted by Crippen LogP contribution is -2.13. The summed E-state index contributed by atoms with van der Waals surface area (Å²) in [5, 5.41) is 11.9. The largest absolute Gasteiger partial charge is 0.497 e. The minimum absolute atomic E-state index is 0.0582. The zero-order valence-electron chi connectivity index (χ0n) is 11.0. The average Bonchev–Trinajstić information content (AvgIpc) is 2.48. The van der Waals surface area contributed by atoms with Crippen molar-refractivity contribution in [1.29, 1.82) is 0 Å². The summed E-state index contributed by atoms with van der Waals surface area (Å²) in [5.74, 6) is 1.80. The van der Waals surface area contributed by atoms with Crippen molar-refractivity contribution >= 4 is 33.4 Å². The first-order valence-electron chi connectivity index (χ1n) is 5.84. The molecule has 0 saturated heterocycles. The summed E-state index contributed by atoms with van der Waals surface area (Å²) >= 11 is 9.48. The van der Waals surface area contributed by atoms with Crippen LogP contribution < -0.4 is 15.2 Å². The van der Waals surface area contributed by atoms with Gasteiger partial charge in [-0.05, 0) is 46.3 Å². The van der Waals surface area contributed by atoms with Gasteiger partial charge in [-0.15, -0.1) is 0 Å². The van der Waals surface area contributed by atoms with Crippen LogP contribution in [0.15, 0.2) is 46.0 Å². The molecule has 2 rings (SSSR count). The molecule has 110 valence electrons. The van der Waals surface area contributed by atoms with Gasteiger partial charge in [0.05, 0.1) is 16.6 Å². The first-order valence-corrected chi connectivity index (χ1v) is 7.01. The van der Waals surface area contributed by atoms with Crippen LogP contribution in [0.25, 0.3) is 0 Å². The van der Waals surface area contributed by atoms with Crippen LogP contribution in [0.2, 0.25) is 5.02 Å². The van der Waals surface area contributed by atoms with Crippen molar-refractivity contribution in [3.8, 4) is 17.2 Å². The van der Waals surface area contributed by atoms with Gasteiger partial charge in [0.1, 0.15) is 17.2 Å². The Morgan fingerprint density at radius 3 is 2.52 bits per heavy atom. The molecular weight excluding hydrogens is 360 g/mol.